The molecule has 0 aromatic heterocycles. The van der Waals surface area contributed by atoms with Gasteiger partial charge in [-0.25, -0.2) is 0 Å². The Morgan fingerprint density at radius 1 is 1.00 bits per heavy atom. The van der Waals surface area contributed by atoms with E-state index in [0.29, 0.717) is 25.9 Å². The first kappa shape index (κ1) is 24.1. The molecule has 0 unspecified atom stereocenters. The molecule has 0 aliphatic heterocycles. The predicted octanol–water partition coefficient (Wildman–Crippen LogP) is 5.18. The number of esters is 1. The molecule has 0 bridgehead atoms. The quantitative estimate of drug-likeness (QED) is 0.325. The summed E-state index contributed by atoms with van der Waals surface area (Å²) < 4.78 is 9.99. The van der Waals surface area contributed by atoms with E-state index in [4.69, 9.17) is 21.1 Å². The second kappa shape index (κ2) is 11.4. The van der Waals surface area contributed by atoms with Gasteiger partial charge in [-0.1, -0.05) is 35.9 Å². The maximum absolute atomic E-state index is 13.6. The number of rotatable bonds is 12. The van der Waals surface area contributed by atoms with Crippen molar-refractivity contribution in [1.82, 2.24) is 4.90 Å². The Morgan fingerprint density at radius 3 is 2.34 bits per heavy atom. The number of aryl methyl sites for hydroxylation is 1. The lowest BCUT2D eigenvalue weighted by Gasteiger charge is -2.28. The summed E-state index contributed by atoms with van der Waals surface area (Å²) in [5.74, 6) is 0.769. The van der Waals surface area contributed by atoms with Crippen molar-refractivity contribution >= 4 is 23.5 Å². The van der Waals surface area contributed by atoms with Gasteiger partial charge < -0.3 is 14.4 Å². The minimum Gasteiger partial charge on any atom is -0.497 e. The number of hydrogen-bond donors (Lipinski definition) is 0. The van der Waals surface area contributed by atoms with Crippen molar-refractivity contribution in [1.29, 1.82) is 0 Å². The molecule has 1 amide bonds. The summed E-state index contributed by atoms with van der Waals surface area (Å²) in [5.41, 5.74) is 1.80. The third kappa shape index (κ3) is 6.26. The van der Waals surface area contributed by atoms with Crippen molar-refractivity contribution in [2.24, 2.45) is 0 Å². The van der Waals surface area contributed by atoms with E-state index in [1.807, 2.05) is 47.4 Å². The summed E-state index contributed by atoms with van der Waals surface area (Å²) in [4.78, 5) is 27.1. The molecule has 2 aromatic carbocycles. The van der Waals surface area contributed by atoms with Gasteiger partial charge in [0, 0.05) is 24.5 Å². The van der Waals surface area contributed by atoms with Crippen LogP contribution in [-0.2, 0) is 26.2 Å². The summed E-state index contributed by atoms with van der Waals surface area (Å²) >= 11 is 6.11. The van der Waals surface area contributed by atoms with Crippen LogP contribution in [0.25, 0.3) is 0 Å². The molecular formula is C26H32ClNO4. The summed E-state index contributed by atoms with van der Waals surface area (Å²) in [6, 6.07) is 15.7. The SMILES string of the molecule is COC(=O)CCCCN(CCCc1cccc(Cl)c1)C(=O)C1(c2ccc(OC)cc2)CC1. The Hall–Kier alpha value is -2.53. The van der Waals surface area contributed by atoms with Crippen LogP contribution in [0.3, 0.4) is 0 Å². The number of nitrogens with zero attached hydrogens (tertiary/aromatic N) is 1. The van der Waals surface area contributed by atoms with Gasteiger partial charge >= 0.3 is 5.97 Å². The van der Waals surface area contributed by atoms with E-state index in [0.717, 1.165) is 48.4 Å². The Morgan fingerprint density at radius 2 is 1.72 bits per heavy atom. The molecule has 0 saturated heterocycles. The lowest BCUT2D eigenvalue weighted by atomic mass is 9.93. The highest BCUT2D eigenvalue weighted by Crippen LogP contribution is 2.50. The van der Waals surface area contributed by atoms with Crippen LogP contribution in [0.5, 0.6) is 5.75 Å². The summed E-state index contributed by atoms with van der Waals surface area (Å²) in [6.45, 7) is 1.32. The zero-order valence-electron chi connectivity index (χ0n) is 18.9. The van der Waals surface area contributed by atoms with Crippen LogP contribution in [0.15, 0.2) is 48.5 Å². The minimum absolute atomic E-state index is 0.187. The topological polar surface area (TPSA) is 55.8 Å². The Bertz CT molecular complexity index is 908. The molecule has 0 N–H and O–H groups in total. The molecule has 1 fully saturated rings. The van der Waals surface area contributed by atoms with E-state index in [1.165, 1.54) is 12.7 Å². The monoisotopic (exact) mass is 457 g/mol. The zero-order valence-corrected chi connectivity index (χ0v) is 19.7. The third-order valence-electron chi connectivity index (χ3n) is 6.16. The Kier molecular flexibility index (Phi) is 8.57. The highest BCUT2D eigenvalue weighted by atomic mass is 35.5. The third-order valence-corrected chi connectivity index (χ3v) is 6.39. The fourth-order valence-electron chi connectivity index (χ4n) is 4.12. The normalized spacial score (nSPS) is 14.0. The lowest BCUT2D eigenvalue weighted by Crippen LogP contribution is -2.40. The number of amides is 1. The summed E-state index contributed by atoms with van der Waals surface area (Å²) in [7, 11) is 3.04. The van der Waals surface area contributed by atoms with Gasteiger partial charge in [-0.05, 0) is 73.9 Å². The van der Waals surface area contributed by atoms with Crippen molar-refractivity contribution < 1.29 is 19.1 Å². The summed E-state index contributed by atoms with van der Waals surface area (Å²) in [6.07, 6.45) is 5.32. The molecule has 0 spiro atoms. The molecule has 32 heavy (non-hydrogen) atoms. The van der Waals surface area contributed by atoms with Crippen LogP contribution in [0, 0.1) is 0 Å². The highest BCUT2D eigenvalue weighted by Gasteiger charge is 2.52. The van der Waals surface area contributed by atoms with Gasteiger partial charge in [-0.15, -0.1) is 0 Å². The van der Waals surface area contributed by atoms with Crippen molar-refractivity contribution in [2.75, 3.05) is 27.3 Å². The summed E-state index contributed by atoms with van der Waals surface area (Å²) in [5, 5.41) is 0.731. The smallest absolute Gasteiger partial charge is 0.305 e. The maximum atomic E-state index is 13.6. The first-order chi connectivity index (χ1) is 15.5. The Balaban J connectivity index is 1.65. The number of unbranched alkanes of at least 4 members (excludes halogenated alkanes) is 1. The van der Waals surface area contributed by atoms with Crippen molar-refractivity contribution in [3.05, 3.63) is 64.7 Å². The van der Waals surface area contributed by atoms with E-state index in [9.17, 15) is 9.59 Å². The largest absolute Gasteiger partial charge is 0.497 e. The molecule has 0 atom stereocenters. The first-order valence-corrected chi connectivity index (χ1v) is 11.6. The molecule has 1 aliphatic carbocycles. The molecule has 1 saturated carbocycles. The number of ether oxygens (including phenoxy) is 2. The highest BCUT2D eigenvalue weighted by molar-refractivity contribution is 6.30. The predicted molar refractivity (Wildman–Crippen MR) is 126 cm³/mol. The van der Waals surface area contributed by atoms with Gasteiger partial charge in [-0.2, -0.15) is 0 Å². The van der Waals surface area contributed by atoms with Crippen LogP contribution in [0.2, 0.25) is 5.02 Å². The van der Waals surface area contributed by atoms with Gasteiger partial charge in [0.2, 0.25) is 5.91 Å². The zero-order chi connectivity index (χ0) is 23.0. The van der Waals surface area contributed by atoms with E-state index in [-0.39, 0.29) is 11.9 Å². The van der Waals surface area contributed by atoms with Crippen molar-refractivity contribution in [2.45, 2.75) is 50.4 Å². The van der Waals surface area contributed by atoms with Crippen LogP contribution in [-0.4, -0.2) is 44.1 Å². The molecule has 172 valence electrons. The maximum Gasteiger partial charge on any atom is 0.305 e. The number of carbonyl (C=O) groups is 2. The molecule has 0 heterocycles. The number of benzene rings is 2. The van der Waals surface area contributed by atoms with E-state index < -0.39 is 5.41 Å². The minimum atomic E-state index is -0.426. The average molecular weight is 458 g/mol. The second-order valence-electron chi connectivity index (χ2n) is 8.37. The fourth-order valence-corrected chi connectivity index (χ4v) is 4.33. The molecule has 0 radical (unpaired) electrons. The van der Waals surface area contributed by atoms with Crippen LogP contribution >= 0.6 is 11.6 Å². The van der Waals surface area contributed by atoms with Crippen LogP contribution < -0.4 is 4.74 Å². The second-order valence-corrected chi connectivity index (χ2v) is 8.81. The Labute approximate surface area is 195 Å². The fraction of sp³-hybridized carbons (Fsp3) is 0.462. The molecular weight excluding hydrogens is 426 g/mol. The van der Waals surface area contributed by atoms with E-state index in [1.54, 1.807) is 7.11 Å². The lowest BCUT2D eigenvalue weighted by molar-refractivity contribution is -0.140. The van der Waals surface area contributed by atoms with Gasteiger partial charge in [0.25, 0.3) is 0 Å². The van der Waals surface area contributed by atoms with Gasteiger partial charge in [0.1, 0.15) is 5.75 Å². The van der Waals surface area contributed by atoms with Gasteiger partial charge in [0.05, 0.1) is 19.6 Å². The first-order valence-electron chi connectivity index (χ1n) is 11.2. The molecule has 5 nitrogen and oxygen atoms in total. The number of hydrogen-bond acceptors (Lipinski definition) is 4. The standard InChI is InChI=1S/C26H32ClNO4/c1-31-23-13-11-21(12-14-23)26(15-16-26)25(30)28(17-4-3-10-24(29)32-2)18-6-8-20-7-5-9-22(27)19-20/h5,7,9,11-14,19H,3-4,6,8,10,15-18H2,1-2H3. The van der Waals surface area contributed by atoms with Crippen LogP contribution in [0.4, 0.5) is 0 Å². The van der Waals surface area contributed by atoms with Crippen molar-refractivity contribution in [3.63, 3.8) is 0 Å². The van der Waals surface area contributed by atoms with Crippen molar-refractivity contribution in [3.8, 4) is 5.75 Å². The molecule has 1 aliphatic rings. The van der Waals surface area contributed by atoms with Gasteiger partial charge in [-0.3, -0.25) is 9.59 Å². The molecule has 3 rings (SSSR count). The number of methoxy groups -OCH3 is 2. The van der Waals surface area contributed by atoms with Crippen LogP contribution in [0.1, 0.15) is 49.7 Å². The van der Waals surface area contributed by atoms with E-state index in [2.05, 4.69) is 6.07 Å². The molecule has 2 aromatic rings. The van der Waals surface area contributed by atoms with Gasteiger partial charge in [0.15, 0.2) is 0 Å². The molecule has 6 heteroatoms. The number of halogens is 1. The average Bonchev–Trinajstić information content (AvgIpc) is 3.62. The van der Waals surface area contributed by atoms with E-state index >= 15 is 0 Å². The number of carbonyl (C=O) groups excluding carboxylic acids is 2.